The molecule has 0 spiro atoms. The molecule has 2 aromatic carbocycles. The Bertz CT molecular complexity index is 643. The third-order valence-corrected chi connectivity index (χ3v) is 3.67. The van der Waals surface area contributed by atoms with Crippen molar-refractivity contribution in [3.05, 3.63) is 58.3 Å². The zero-order valence-corrected chi connectivity index (χ0v) is 13.4. The lowest BCUT2D eigenvalue weighted by molar-refractivity contribution is -0.116. The van der Waals surface area contributed by atoms with Crippen LogP contribution in [0.25, 0.3) is 0 Å². The highest BCUT2D eigenvalue weighted by atomic mass is 79.9. The van der Waals surface area contributed by atoms with Crippen molar-refractivity contribution in [1.29, 1.82) is 0 Å². The third-order valence-electron chi connectivity index (χ3n) is 3.02. The van der Waals surface area contributed by atoms with Gasteiger partial charge in [0, 0.05) is 15.8 Å². The van der Waals surface area contributed by atoms with Gasteiger partial charge in [-0.05, 0) is 60.1 Å². The normalized spacial score (nSPS) is 11.8. The summed E-state index contributed by atoms with van der Waals surface area (Å²) in [5, 5.41) is 5.87. The fourth-order valence-electron chi connectivity index (χ4n) is 1.79. The van der Waals surface area contributed by atoms with E-state index in [2.05, 4.69) is 26.6 Å². The second kappa shape index (κ2) is 6.72. The van der Waals surface area contributed by atoms with Gasteiger partial charge in [0.05, 0.1) is 0 Å². The smallest absolute Gasteiger partial charge is 0.246 e. The summed E-state index contributed by atoms with van der Waals surface area (Å²) in [6.07, 6.45) is 0. The first-order valence-corrected chi connectivity index (χ1v) is 7.34. The van der Waals surface area contributed by atoms with E-state index in [0.29, 0.717) is 10.2 Å². The molecule has 21 heavy (non-hydrogen) atoms. The van der Waals surface area contributed by atoms with Crippen LogP contribution < -0.4 is 10.6 Å². The quantitative estimate of drug-likeness (QED) is 0.861. The number of halogens is 2. The van der Waals surface area contributed by atoms with Gasteiger partial charge < -0.3 is 10.6 Å². The number of anilines is 2. The summed E-state index contributed by atoms with van der Waals surface area (Å²) in [7, 11) is 0. The molecule has 1 unspecified atom stereocenters. The van der Waals surface area contributed by atoms with Crippen molar-refractivity contribution in [3.63, 3.8) is 0 Å². The number of hydrogen-bond donors (Lipinski definition) is 2. The van der Waals surface area contributed by atoms with Gasteiger partial charge >= 0.3 is 0 Å². The Labute approximate surface area is 131 Å². The number of nitrogens with one attached hydrogen (secondary N) is 2. The molecule has 0 aromatic heterocycles. The summed E-state index contributed by atoms with van der Waals surface area (Å²) in [5.41, 5.74) is 2.55. The van der Waals surface area contributed by atoms with Crippen LogP contribution >= 0.6 is 15.9 Å². The maximum Gasteiger partial charge on any atom is 0.246 e. The Morgan fingerprint density at radius 2 is 1.86 bits per heavy atom. The lowest BCUT2D eigenvalue weighted by Gasteiger charge is -2.16. The second-order valence-electron chi connectivity index (χ2n) is 4.85. The Balaban J connectivity index is 2.00. The largest absolute Gasteiger partial charge is 0.373 e. The molecule has 5 heteroatoms. The van der Waals surface area contributed by atoms with Crippen LogP contribution in [0.5, 0.6) is 0 Å². The van der Waals surface area contributed by atoms with E-state index in [9.17, 15) is 9.18 Å². The SMILES string of the molecule is Cc1ccc(NC(=O)C(C)Nc2ccc(F)cc2Br)cc1. The van der Waals surface area contributed by atoms with E-state index < -0.39 is 6.04 Å². The fraction of sp³-hybridized carbons (Fsp3) is 0.188. The summed E-state index contributed by atoms with van der Waals surface area (Å²) in [6.45, 7) is 3.74. The molecule has 0 heterocycles. The van der Waals surface area contributed by atoms with Crippen LogP contribution in [0.4, 0.5) is 15.8 Å². The average molecular weight is 351 g/mol. The van der Waals surface area contributed by atoms with Crippen LogP contribution in [-0.4, -0.2) is 11.9 Å². The van der Waals surface area contributed by atoms with Gasteiger partial charge in [-0.2, -0.15) is 0 Å². The Kier molecular flexibility index (Phi) is 4.96. The van der Waals surface area contributed by atoms with Gasteiger partial charge in [-0.1, -0.05) is 17.7 Å². The van der Waals surface area contributed by atoms with E-state index >= 15 is 0 Å². The van der Waals surface area contributed by atoms with Crippen LogP contribution in [0.15, 0.2) is 46.9 Å². The molecule has 110 valence electrons. The average Bonchev–Trinajstić information content (AvgIpc) is 2.44. The molecule has 2 aromatic rings. The minimum atomic E-state index is -0.451. The van der Waals surface area contributed by atoms with Crippen LogP contribution in [0.3, 0.4) is 0 Å². The lowest BCUT2D eigenvalue weighted by Crippen LogP contribution is -2.32. The molecule has 1 atom stereocenters. The van der Waals surface area contributed by atoms with E-state index in [4.69, 9.17) is 0 Å². The highest BCUT2D eigenvalue weighted by Gasteiger charge is 2.14. The van der Waals surface area contributed by atoms with Crippen molar-refractivity contribution < 1.29 is 9.18 Å². The molecule has 0 aliphatic rings. The van der Waals surface area contributed by atoms with Crippen LogP contribution in [-0.2, 0) is 4.79 Å². The maximum atomic E-state index is 13.0. The van der Waals surface area contributed by atoms with Crippen molar-refractivity contribution in [2.45, 2.75) is 19.9 Å². The van der Waals surface area contributed by atoms with Crippen LogP contribution in [0.2, 0.25) is 0 Å². The summed E-state index contributed by atoms with van der Waals surface area (Å²) in [6, 6.07) is 11.4. The van der Waals surface area contributed by atoms with E-state index in [1.54, 1.807) is 13.0 Å². The van der Waals surface area contributed by atoms with Crippen molar-refractivity contribution in [2.24, 2.45) is 0 Å². The number of benzene rings is 2. The van der Waals surface area contributed by atoms with E-state index in [1.165, 1.54) is 12.1 Å². The predicted molar refractivity (Wildman–Crippen MR) is 87.0 cm³/mol. The minimum absolute atomic E-state index is 0.157. The first-order valence-electron chi connectivity index (χ1n) is 6.55. The van der Waals surface area contributed by atoms with Gasteiger partial charge in [0.2, 0.25) is 5.91 Å². The van der Waals surface area contributed by atoms with Gasteiger partial charge in [-0.25, -0.2) is 4.39 Å². The van der Waals surface area contributed by atoms with E-state index in [-0.39, 0.29) is 11.7 Å². The fourth-order valence-corrected chi connectivity index (χ4v) is 2.26. The van der Waals surface area contributed by atoms with Crippen molar-refractivity contribution >= 4 is 33.2 Å². The van der Waals surface area contributed by atoms with E-state index in [0.717, 1.165) is 11.3 Å². The molecule has 0 saturated carbocycles. The van der Waals surface area contributed by atoms with Gasteiger partial charge in [-0.15, -0.1) is 0 Å². The van der Waals surface area contributed by atoms with Gasteiger partial charge in [-0.3, -0.25) is 4.79 Å². The molecule has 2 N–H and O–H groups in total. The zero-order valence-electron chi connectivity index (χ0n) is 11.8. The van der Waals surface area contributed by atoms with Crippen molar-refractivity contribution in [3.8, 4) is 0 Å². The third kappa shape index (κ3) is 4.29. The summed E-state index contributed by atoms with van der Waals surface area (Å²) < 4.78 is 13.6. The second-order valence-corrected chi connectivity index (χ2v) is 5.70. The number of carbonyl (C=O) groups is 1. The molecule has 1 amide bonds. The van der Waals surface area contributed by atoms with Gasteiger partial charge in [0.1, 0.15) is 11.9 Å². The summed E-state index contributed by atoms with van der Waals surface area (Å²) in [4.78, 5) is 12.1. The van der Waals surface area contributed by atoms with E-state index in [1.807, 2.05) is 31.2 Å². The zero-order chi connectivity index (χ0) is 15.4. The van der Waals surface area contributed by atoms with Gasteiger partial charge in [0.25, 0.3) is 0 Å². The molecule has 0 aliphatic heterocycles. The molecule has 0 fully saturated rings. The Hall–Kier alpha value is -1.88. The molecule has 0 aliphatic carbocycles. The van der Waals surface area contributed by atoms with Crippen LogP contribution in [0, 0.1) is 12.7 Å². The number of aryl methyl sites for hydroxylation is 1. The highest BCUT2D eigenvalue weighted by Crippen LogP contribution is 2.23. The van der Waals surface area contributed by atoms with Crippen LogP contribution in [0.1, 0.15) is 12.5 Å². The number of amides is 1. The maximum absolute atomic E-state index is 13.0. The number of carbonyl (C=O) groups excluding carboxylic acids is 1. The number of hydrogen-bond acceptors (Lipinski definition) is 2. The van der Waals surface area contributed by atoms with Gasteiger partial charge in [0.15, 0.2) is 0 Å². The molecule has 0 saturated heterocycles. The first kappa shape index (κ1) is 15.5. The Morgan fingerprint density at radius 3 is 2.48 bits per heavy atom. The lowest BCUT2D eigenvalue weighted by atomic mass is 10.2. The van der Waals surface area contributed by atoms with Crippen molar-refractivity contribution in [1.82, 2.24) is 0 Å². The first-order chi connectivity index (χ1) is 9.95. The topological polar surface area (TPSA) is 41.1 Å². The molecule has 2 rings (SSSR count). The minimum Gasteiger partial charge on any atom is -0.373 e. The highest BCUT2D eigenvalue weighted by molar-refractivity contribution is 9.10. The molecule has 3 nitrogen and oxygen atoms in total. The van der Waals surface area contributed by atoms with Crippen molar-refractivity contribution in [2.75, 3.05) is 10.6 Å². The number of rotatable bonds is 4. The summed E-state index contributed by atoms with van der Waals surface area (Å²) >= 11 is 3.27. The molecular weight excluding hydrogens is 335 g/mol. The summed E-state index contributed by atoms with van der Waals surface area (Å²) in [5.74, 6) is -0.487. The molecular formula is C16H16BrFN2O. The Morgan fingerprint density at radius 1 is 1.19 bits per heavy atom. The molecule has 0 radical (unpaired) electrons. The monoisotopic (exact) mass is 350 g/mol. The standard InChI is InChI=1S/C16H16BrFN2O/c1-10-3-6-13(7-4-10)20-16(21)11(2)19-15-8-5-12(18)9-14(15)17/h3-9,11,19H,1-2H3,(H,20,21). The molecule has 0 bridgehead atoms. The predicted octanol–water partition coefficient (Wildman–Crippen LogP) is 4.34.